The van der Waals surface area contributed by atoms with Crippen molar-refractivity contribution in [2.75, 3.05) is 17.3 Å². The number of hydrogen-bond acceptors (Lipinski definition) is 2. The third-order valence-corrected chi connectivity index (χ3v) is 2.94. The van der Waals surface area contributed by atoms with Crippen molar-refractivity contribution >= 4 is 17.3 Å². The fourth-order valence-electron chi connectivity index (χ4n) is 1.96. The van der Waals surface area contributed by atoms with E-state index in [9.17, 15) is 18.0 Å². The van der Waals surface area contributed by atoms with E-state index in [1.165, 1.54) is 18.0 Å². The van der Waals surface area contributed by atoms with Gasteiger partial charge in [-0.2, -0.15) is 13.2 Å². The molecule has 1 aromatic carbocycles. The van der Waals surface area contributed by atoms with E-state index >= 15 is 0 Å². The molecule has 1 aliphatic heterocycles. The molecule has 1 heterocycles. The lowest BCUT2D eigenvalue weighted by atomic mass is 10.1. The molecule has 1 unspecified atom stereocenters. The van der Waals surface area contributed by atoms with Crippen LogP contribution in [0.25, 0.3) is 0 Å². The van der Waals surface area contributed by atoms with Crippen molar-refractivity contribution in [1.29, 1.82) is 0 Å². The SMILES string of the molecule is CC1CC(=O)N(C)c2cc(C(F)(F)F)ccc2N1. The van der Waals surface area contributed by atoms with Crippen LogP contribution in [0.4, 0.5) is 24.5 Å². The fourth-order valence-corrected chi connectivity index (χ4v) is 1.96. The lowest BCUT2D eigenvalue weighted by molar-refractivity contribution is -0.137. The Morgan fingerprint density at radius 3 is 2.67 bits per heavy atom. The topological polar surface area (TPSA) is 32.3 Å². The van der Waals surface area contributed by atoms with Gasteiger partial charge in [-0.25, -0.2) is 0 Å². The number of halogens is 3. The van der Waals surface area contributed by atoms with Gasteiger partial charge in [0.2, 0.25) is 5.91 Å². The van der Waals surface area contributed by atoms with Crippen molar-refractivity contribution < 1.29 is 18.0 Å². The molecule has 0 saturated carbocycles. The van der Waals surface area contributed by atoms with Crippen LogP contribution in [0, 0.1) is 0 Å². The summed E-state index contributed by atoms with van der Waals surface area (Å²) in [6.07, 6.45) is -4.15. The van der Waals surface area contributed by atoms with Gasteiger partial charge in [-0.15, -0.1) is 0 Å². The van der Waals surface area contributed by atoms with Crippen LogP contribution >= 0.6 is 0 Å². The molecule has 1 N–H and O–H groups in total. The van der Waals surface area contributed by atoms with Crippen molar-refractivity contribution in [3.05, 3.63) is 23.8 Å². The first kappa shape index (κ1) is 12.7. The molecule has 1 amide bonds. The lowest BCUT2D eigenvalue weighted by Crippen LogP contribution is -2.27. The second-order valence-corrected chi connectivity index (χ2v) is 4.43. The van der Waals surface area contributed by atoms with Crippen LogP contribution in [-0.4, -0.2) is 19.0 Å². The van der Waals surface area contributed by atoms with E-state index in [4.69, 9.17) is 0 Å². The Bertz CT molecular complexity index is 485. The molecule has 0 saturated heterocycles. The van der Waals surface area contributed by atoms with Gasteiger partial charge in [0.25, 0.3) is 0 Å². The maximum Gasteiger partial charge on any atom is 0.416 e. The van der Waals surface area contributed by atoms with Crippen molar-refractivity contribution in [1.82, 2.24) is 0 Å². The number of nitrogens with zero attached hydrogens (tertiary/aromatic N) is 1. The highest BCUT2D eigenvalue weighted by Crippen LogP contribution is 2.36. The molecule has 6 heteroatoms. The summed E-state index contributed by atoms with van der Waals surface area (Å²) >= 11 is 0. The van der Waals surface area contributed by atoms with Crippen LogP contribution in [-0.2, 0) is 11.0 Å². The van der Waals surface area contributed by atoms with Crippen LogP contribution in [0.2, 0.25) is 0 Å². The highest BCUT2D eigenvalue weighted by atomic mass is 19.4. The number of carbonyl (C=O) groups is 1. The van der Waals surface area contributed by atoms with E-state index in [0.717, 1.165) is 12.1 Å². The number of rotatable bonds is 0. The van der Waals surface area contributed by atoms with E-state index < -0.39 is 11.7 Å². The Morgan fingerprint density at radius 2 is 2.06 bits per heavy atom. The minimum atomic E-state index is -4.41. The minimum Gasteiger partial charge on any atom is -0.380 e. The standard InChI is InChI=1S/C12H13F3N2O/c1-7-5-11(18)17(2)10-6-8(12(13,14)15)3-4-9(10)16-7/h3-4,6-7,16H,5H2,1-2H3. The number of hydrogen-bond donors (Lipinski definition) is 1. The lowest BCUT2D eigenvalue weighted by Gasteiger charge is -2.19. The zero-order chi connectivity index (χ0) is 13.5. The molecule has 0 radical (unpaired) electrons. The van der Waals surface area contributed by atoms with Crippen molar-refractivity contribution in [3.8, 4) is 0 Å². The van der Waals surface area contributed by atoms with Crippen LogP contribution in [0.3, 0.4) is 0 Å². The van der Waals surface area contributed by atoms with Crippen molar-refractivity contribution in [2.24, 2.45) is 0 Å². The number of amides is 1. The summed E-state index contributed by atoms with van der Waals surface area (Å²) in [5.41, 5.74) is 0.0558. The fraction of sp³-hybridized carbons (Fsp3) is 0.417. The van der Waals surface area contributed by atoms with Gasteiger partial charge in [0, 0.05) is 19.5 Å². The average molecular weight is 258 g/mol. The predicted octanol–water partition coefficient (Wildman–Crippen LogP) is 2.87. The molecule has 2 rings (SSSR count). The van der Waals surface area contributed by atoms with Gasteiger partial charge < -0.3 is 10.2 Å². The van der Waals surface area contributed by atoms with Gasteiger partial charge in [-0.1, -0.05) is 0 Å². The third-order valence-electron chi connectivity index (χ3n) is 2.94. The summed E-state index contributed by atoms with van der Waals surface area (Å²) in [5.74, 6) is -0.201. The first-order valence-electron chi connectivity index (χ1n) is 5.53. The van der Waals surface area contributed by atoms with Gasteiger partial charge in [0.1, 0.15) is 0 Å². The van der Waals surface area contributed by atoms with Crippen LogP contribution in [0.5, 0.6) is 0 Å². The Balaban J connectivity index is 2.51. The van der Waals surface area contributed by atoms with Gasteiger partial charge in [0.05, 0.1) is 16.9 Å². The smallest absolute Gasteiger partial charge is 0.380 e. The number of nitrogens with one attached hydrogen (secondary N) is 1. The summed E-state index contributed by atoms with van der Waals surface area (Å²) in [6.45, 7) is 1.82. The molecule has 18 heavy (non-hydrogen) atoms. The maximum atomic E-state index is 12.6. The van der Waals surface area contributed by atoms with Gasteiger partial charge in [-0.05, 0) is 25.1 Å². The summed E-state index contributed by atoms with van der Waals surface area (Å²) < 4.78 is 37.9. The van der Waals surface area contributed by atoms with Crippen LogP contribution < -0.4 is 10.2 Å². The number of carbonyl (C=O) groups excluding carboxylic acids is 1. The van der Waals surface area contributed by atoms with Crippen molar-refractivity contribution in [3.63, 3.8) is 0 Å². The summed E-state index contributed by atoms with van der Waals surface area (Å²) in [6, 6.07) is 3.28. The van der Waals surface area contributed by atoms with Gasteiger partial charge in [-0.3, -0.25) is 4.79 Å². The minimum absolute atomic E-state index is 0.0991. The second-order valence-electron chi connectivity index (χ2n) is 4.43. The number of fused-ring (bicyclic) bond motifs is 1. The predicted molar refractivity (Wildman–Crippen MR) is 62.6 cm³/mol. The monoisotopic (exact) mass is 258 g/mol. The average Bonchev–Trinajstić information content (AvgIpc) is 2.35. The third kappa shape index (κ3) is 2.27. The molecule has 0 fully saturated rings. The Kier molecular flexibility index (Phi) is 2.96. The molecular formula is C12H13F3N2O. The number of anilines is 2. The van der Waals surface area contributed by atoms with E-state index in [1.54, 1.807) is 0 Å². The van der Waals surface area contributed by atoms with Crippen LogP contribution in [0.1, 0.15) is 18.9 Å². The van der Waals surface area contributed by atoms with Gasteiger partial charge >= 0.3 is 6.18 Å². The zero-order valence-electron chi connectivity index (χ0n) is 10.0. The molecule has 0 aliphatic carbocycles. The molecule has 1 aliphatic rings. The summed E-state index contributed by atoms with van der Waals surface area (Å²) in [7, 11) is 1.49. The molecule has 0 aromatic heterocycles. The molecule has 3 nitrogen and oxygen atoms in total. The zero-order valence-corrected chi connectivity index (χ0v) is 10.0. The first-order valence-corrected chi connectivity index (χ1v) is 5.53. The van der Waals surface area contributed by atoms with E-state index in [1.807, 2.05) is 6.92 Å². The number of benzene rings is 1. The largest absolute Gasteiger partial charge is 0.416 e. The molecule has 0 spiro atoms. The second kappa shape index (κ2) is 4.19. The molecule has 0 bridgehead atoms. The van der Waals surface area contributed by atoms with Gasteiger partial charge in [0.15, 0.2) is 0 Å². The maximum absolute atomic E-state index is 12.6. The van der Waals surface area contributed by atoms with E-state index in [-0.39, 0.29) is 24.1 Å². The molecule has 1 atom stereocenters. The first-order chi connectivity index (χ1) is 8.29. The number of alkyl halides is 3. The Labute approximate surface area is 103 Å². The molecule has 98 valence electrons. The highest BCUT2D eigenvalue weighted by molar-refractivity contribution is 5.98. The quantitative estimate of drug-likeness (QED) is 0.776. The normalized spacial score (nSPS) is 20.2. The van der Waals surface area contributed by atoms with E-state index in [2.05, 4.69) is 5.32 Å². The molecule has 1 aromatic rings. The summed E-state index contributed by atoms with van der Waals surface area (Å²) in [5, 5.41) is 3.03. The Morgan fingerprint density at radius 1 is 1.39 bits per heavy atom. The van der Waals surface area contributed by atoms with Crippen LogP contribution in [0.15, 0.2) is 18.2 Å². The van der Waals surface area contributed by atoms with E-state index in [0.29, 0.717) is 5.69 Å². The summed E-state index contributed by atoms with van der Waals surface area (Å²) in [4.78, 5) is 13.0. The Hall–Kier alpha value is -1.72. The van der Waals surface area contributed by atoms with Crippen molar-refractivity contribution in [2.45, 2.75) is 25.6 Å². The highest BCUT2D eigenvalue weighted by Gasteiger charge is 2.32. The molecular weight excluding hydrogens is 245 g/mol.